The smallest absolute Gasteiger partial charge is 0.000988 e. The van der Waals surface area contributed by atoms with E-state index in [1.54, 1.807) is 0 Å². The summed E-state index contributed by atoms with van der Waals surface area (Å²) in [5.74, 6) is 2.05. The highest BCUT2D eigenvalue weighted by molar-refractivity contribution is 4.83. The summed E-state index contributed by atoms with van der Waals surface area (Å²) < 4.78 is 0. The molecule has 0 radical (unpaired) electrons. The van der Waals surface area contributed by atoms with Crippen molar-refractivity contribution in [2.45, 2.75) is 58.8 Å². The van der Waals surface area contributed by atoms with Gasteiger partial charge in [-0.2, -0.15) is 0 Å². The monoisotopic (exact) mass is 252 g/mol. The number of nitrogens with zero attached hydrogens (tertiary/aromatic N) is 1. The van der Waals surface area contributed by atoms with E-state index in [9.17, 15) is 0 Å². The Morgan fingerprint density at radius 1 is 1.11 bits per heavy atom. The molecule has 2 unspecified atom stereocenters. The van der Waals surface area contributed by atoms with E-state index >= 15 is 0 Å². The van der Waals surface area contributed by atoms with Gasteiger partial charge in [-0.15, -0.1) is 0 Å². The molecule has 0 spiro atoms. The van der Waals surface area contributed by atoms with Gasteiger partial charge in [-0.3, -0.25) is 0 Å². The van der Waals surface area contributed by atoms with Gasteiger partial charge in [0.05, 0.1) is 0 Å². The molecule has 0 amide bonds. The molecule has 0 aromatic rings. The van der Waals surface area contributed by atoms with Crippen molar-refractivity contribution in [1.82, 2.24) is 4.90 Å². The van der Waals surface area contributed by atoms with Crippen molar-refractivity contribution in [1.29, 1.82) is 0 Å². The molecule has 2 bridgehead atoms. The molecule has 0 aromatic carbocycles. The van der Waals surface area contributed by atoms with Crippen LogP contribution in [0, 0.1) is 17.3 Å². The molecule has 2 heteroatoms. The Hall–Kier alpha value is -0.0800. The van der Waals surface area contributed by atoms with Gasteiger partial charge in [-0.25, -0.2) is 0 Å². The number of hydrogen-bond acceptors (Lipinski definition) is 2. The van der Waals surface area contributed by atoms with Crippen molar-refractivity contribution in [3.05, 3.63) is 0 Å². The van der Waals surface area contributed by atoms with Crippen LogP contribution in [0.15, 0.2) is 0 Å². The summed E-state index contributed by atoms with van der Waals surface area (Å²) in [6.07, 6.45) is 9.85. The summed E-state index contributed by atoms with van der Waals surface area (Å²) >= 11 is 0. The molecule has 2 atom stereocenters. The van der Waals surface area contributed by atoms with E-state index in [2.05, 4.69) is 18.7 Å². The molecular formula is C16H32N2. The second-order valence-electron chi connectivity index (χ2n) is 7.46. The lowest BCUT2D eigenvalue weighted by atomic mass is 9.77. The van der Waals surface area contributed by atoms with Crippen LogP contribution in [0.5, 0.6) is 0 Å². The van der Waals surface area contributed by atoms with Crippen LogP contribution >= 0.6 is 0 Å². The van der Waals surface area contributed by atoms with Crippen LogP contribution in [0.4, 0.5) is 0 Å². The molecule has 1 aliphatic carbocycles. The quantitative estimate of drug-likeness (QED) is 0.786. The van der Waals surface area contributed by atoms with E-state index in [-0.39, 0.29) is 0 Å². The fourth-order valence-electron chi connectivity index (χ4n) is 4.02. The van der Waals surface area contributed by atoms with Gasteiger partial charge in [-0.1, -0.05) is 20.3 Å². The van der Waals surface area contributed by atoms with Gasteiger partial charge in [0.1, 0.15) is 0 Å². The maximum absolute atomic E-state index is 5.68. The molecule has 1 saturated heterocycles. The second kappa shape index (κ2) is 6.38. The van der Waals surface area contributed by atoms with E-state index in [1.165, 1.54) is 58.2 Å². The molecule has 2 fully saturated rings. The standard InChI is InChI=1S/C16H32N2/c1-16(2,8-9-17)7-4-10-18-12-14-5-3-6-15(11-14)13-18/h14-15H,3-13,17H2,1-2H3. The number of piperidine rings is 1. The molecule has 2 aliphatic rings. The Labute approximate surface area is 113 Å². The van der Waals surface area contributed by atoms with Crippen molar-refractivity contribution in [2.24, 2.45) is 23.0 Å². The highest BCUT2D eigenvalue weighted by Crippen LogP contribution is 2.34. The van der Waals surface area contributed by atoms with Crippen LogP contribution in [-0.2, 0) is 0 Å². The summed E-state index contributed by atoms with van der Waals surface area (Å²) in [5.41, 5.74) is 6.13. The lowest BCUT2D eigenvalue weighted by molar-refractivity contribution is 0.0820. The Bertz CT molecular complexity index is 237. The van der Waals surface area contributed by atoms with Crippen LogP contribution in [0.25, 0.3) is 0 Å². The third kappa shape index (κ3) is 4.24. The minimum Gasteiger partial charge on any atom is -0.330 e. The molecule has 0 aromatic heterocycles. The SMILES string of the molecule is CC(C)(CCN)CCCN1CC2CCCC(C2)C1. The van der Waals surface area contributed by atoms with Crippen molar-refractivity contribution in [3.8, 4) is 0 Å². The molecule has 18 heavy (non-hydrogen) atoms. The van der Waals surface area contributed by atoms with Gasteiger partial charge in [0.25, 0.3) is 0 Å². The first-order valence-corrected chi connectivity index (χ1v) is 8.01. The topological polar surface area (TPSA) is 29.3 Å². The van der Waals surface area contributed by atoms with Crippen molar-refractivity contribution >= 4 is 0 Å². The average molecular weight is 252 g/mol. The first kappa shape index (κ1) is 14.3. The number of hydrogen-bond donors (Lipinski definition) is 1. The molecule has 2 rings (SSSR count). The number of nitrogens with two attached hydrogens (primary N) is 1. The van der Waals surface area contributed by atoms with Crippen molar-refractivity contribution in [2.75, 3.05) is 26.2 Å². The highest BCUT2D eigenvalue weighted by atomic mass is 15.1. The lowest BCUT2D eigenvalue weighted by Crippen LogP contribution is -2.43. The van der Waals surface area contributed by atoms with Gasteiger partial charge in [0.15, 0.2) is 0 Å². The van der Waals surface area contributed by atoms with Crippen LogP contribution in [0.3, 0.4) is 0 Å². The summed E-state index contributed by atoms with van der Waals surface area (Å²) in [5, 5.41) is 0. The lowest BCUT2D eigenvalue weighted by Gasteiger charge is -2.41. The van der Waals surface area contributed by atoms with Crippen molar-refractivity contribution < 1.29 is 0 Å². The van der Waals surface area contributed by atoms with Crippen LogP contribution < -0.4 is 5.73 Å². The molecule has 2 nitrogen and oxygen atoms in total. The van der Waals surface area contributed by atoms with Gasteiger partial charge >= 0.3 is 0 Å². The summed E-state index contributed by atoms with van der Waals surface area (Å²) in [6, 6.07) is 0. The number of rotatable bonds is 6. The fraction of sp³-hybridized carbons (Fsp3) is 1.00. The Morgan fingerprint density at radius 3 is 2.39 bits per heavy atom. The second-order valence-corrected chi connectivity index (χ2v) is 7.46. The Morgan fingerprint density at radius 2 is 1.78 bits per heavy atom. The largest absolute Gasteiger partial charge is 0.330 e. The van der Waals surface area contributed by atoms with Gasteiger partial charge in [0, 0.05) is 13.1 Å². The normalized spacial score (nSPS) is 29.5. The minimum atomic E-state index is 0.445. The minimum absolute atomic E-state index is 0.445. The van der Waals surface area contributed by atoms with E-state index in [0.29, 0.717) is 5.41 Å². The third-order valence-corrected chi connectivity index (χ3v) is 5.07. The van der Waals surface area contributed by atoms with E-state index < -0.39 is 0 Å². The highest BCUT2D eigenvalue weighted by Gasteiger charge is 2.30. The summed E-state index contributed by atoms with van der Waals surface area (Å²) in [6.45, 7) is 9.65. The van der Waals surface area contributed by atoms with E-state index in [0.717, 1.165) is 24.8 Å². The third-order valence-electron chi connectivity index (χ3n) is 5.07. The molecule has 106 valence electrons. The molecular weight excluding hydrogens is 220 g/mol. The average Bonchev–Trinajstić information content (AvgIpc) is 2.28. The zero-order valence-electron chi connectivity index (χ0n) is 12.5. The zero-order chi connectivity index (χ0) is 13.0. The summed E-state index contributed by atoms with van der Waals surface area (Å²) in [7, 11) is 0. The Balaban J connectivity index is 1.68. The van der Waals surface area contributed by atoms with Crippen LogP contribution in [-0.4, -0.2) is 31.1 Å². The predicted molar refractivity (Wildman–Crippen MR) is 78.6 cm³/mol. The van der Waals surface area contributed by atoms with E-state index in [4.69, 9.17) is 5.73 Å². The molecule has 1 heterocycles. The van der Waals surface area contributed by atoms with Gasteiger partial charge in [-0.05, 0) is 68.9 Å². The number of fused-ring (bicyclic) bond motifs is 2. The first-order valence-electron chi connectivity index (χ1n) is 8.01. The number of likely N-dealkylation sites (tertiary alicyclic amines) is 1. The van der Waals surface area contributed by atoms with Gasteiger partial charge in [0.2, 0.25) is 0 Å². The first-order chi connectivity index (χ1) is 8.59. The molecule has 2 N–H and O–H groups in total. The maximum Gasteiger partial charge on any atom is 0.000988 e. The maximum atomic E-state index is 5.68. The predicted octanol–water partition coefficient (Wildman–Crippen LogP) is 3.26. The fourth-order valence-corrected chi connectivity index (χ4v) is 4.02. The Kier molecular flexibility index (Phi) is 5.08. The molecule has 1 saturated carbocycles. The van der Waals surface area contributed by atoms with E-state index in [1.807, 2.05) is 0 Å². The van der Waals surface area contributed by atoms with Crippen LogP contribution in [0.1, 0.15) is 58.8 Å². The zero-order valence-corrected chi connectivity index (χ0v) is 12.5. The van der Waals surface area contributed by atoms with Crippen LogP contribution in [0.2, 0.25) is 0 Å². The van der Waals surface area contributed by atoms with Gasteiger partial charge < -0.3 is 10.6 Å². The molecule has 1 aliphatic heterocycles. The van der Waals surface area contributed by atoms with Crippen molar-refractivity contribution in [3.63, 3.8) is 0 Å². The summed E-state index contributed by atoms with van der Waals surface area (Å²) in [4.78, 5) is 2.75.